The van der Waals surface area contributed by atoms with E-state index in [1.807, 2.05) is 0 Å². The molecule has 0 heterocycles. The van der Waals surface area contributed by atoms with Gasteiger partial charge < -0.3 is 10.1 Å². The zero-order valence-corrected chi connectivity index (χ0v) is 12.8. The number of nitro groups is 1. The molecule has 0 aliphatic carbocycles. The molecule has 2 rings (SSSR count). The van der Waals surface area contributed by atoms with Crippen molar-refractivity contribution in [3.05, 3.63) is 82.9 Å². The molecule has 0 fully saturated rings. The van der Waals surface area contributed by atoms with Crippen molar-refractivity contribution in [2.75, 3.05) is 11.9 Å². The number of benzene rings is 2. The molecule has 0 aliphatic heterocycles. The van der Waals surface area contributed by atoms with Crippen LogP contribution in [0.15, 0.2) is 67.3 Å². The van der Waals surface area contributed by atoms with Crippen LogP contribution in [0, 0.1) is 10.1 Å². The monoisotopic (exact) mass is 324 g/mol. The van der Waals surface area contributed by atoms with Gasteiger partial charge in [-0.1, -0.05) is 24.8 Å². The molecular weight excluding hydrogens is 308 g/mol. The fraction of sp³-hybridized carbons (Fsp3) is 0.0556. The Bertz CT molecular complexity index is 767. The standard InChI is InChI=1S/C18H16N2O4/c1-2-12-24-17-9-7-15(8-10-17)19-18(21)11-6-14-4-3-5-16(13-14)20(22)23/h2-11,13H,1,12H2,(H,19,21)/b11-6+. The van der Waals surface area contributed by atoms with Gasteiger partial charge in [0, 0.05) is 23.9 Å². The SMILES string of the molecule is C=CCOc1ccc(NC(=O)/C=C/c2cccc([N+](=O)[O-])c2)cc1. The molecule has 0 aromatic heterocycles. The molecular formula is C18H16N2O4. The van der Waals surface area contributed by atoms with Gasteiger partial charge in [-0.3, -0.25) is 14.9 Å². The van der Waals surface area contributed by atoms with E-state index in [0.717, 1.165) is 0 Å². The summed E-state index contributed by atoms with van der Waals surface area (Å²) in [6.07, 6.45) is 4.49. The molecule has 0 atom stereocenters. The molecule has 0 saturated carbocycles. The lowest BCUT2D eigenvalue weighted by Gasteiger charge is -2.05. The van der Waals surface area contributed by atoms with Crippen LogP contribution in [-0.2, 0) is 4.79 Å². The minimum Gasteiger partial charge on any atom is -0.490 e. The molecule has 0 spiro atoms. The maximum absolute atomic E-state index is 11.9. The summed E-state index contributed by atoms with van der Waals surface area (Å²) in [6, 6.07) is 13.0. The van der Waals surface area contributed by atoms with Crippen molar-refractivity contribution in [2.45, 2.75) is 0 Å². The van der Waals surface area contributed by atoms with Gasteiger partial charge in [0.1, 0.15) is 12.4 Å². The molecule has 6 heteroatoms. The fourth-order valence-electron chi connectivity index (χ4n) is 1.89. The van der Waals surface area contributed by atoms with Crippen molar-refractivity contribution in [1.29, 1.82) is 0 Å². The highest BCUT2D eigenvalue weighted by Crippen LogP contribution is 2.16. The lowest BCUT2D eigenvalue weighted by Crippen LogP contribution is -2.07. The van der Waals surface area contributed by atoms with E-state index in [1.54, 1.807) is 42.5 Å². The number of amides is 1. The number of nitrogens with one attached hydrogen (secondary N) is 1. The molecule has 2 aromatic carbocycles. The first-order chi connectivity index (χ1) is 11.6. The highest BCUT2D eigenvalue weighted by atomic mass is 16.6. The summed E-state index contributed by atoms with van der Waals surface area (Å²) in [5.74, 6) is 0.348. The third-order valence-electron chi connectivity index (χ3n) is 3.00. The number of ether oxygens (including phenoxy) is 1. The lowest BCUT2D eigenvalue weighted by molar-refractivity contribution is -0.384. The number of hydrogen-bond donors (Lipinski definition) is 1. The minimum atomic E-state index is -0.479. The molecule has 0 unspecified atom stereocenters. The van der Waals surface area contributed by atoms with Gasteiger partial charge in [0.25, 0.3) is 5.69 Å². The van der Waals surface area contributed by atoms with E-state index in [0.29, 0.717) is 23.6 Å². The van der Waals surface area contributed by atoms with E-state index in [-0.39, 0.29) is 11.6 Å². The maximum atomic E-state index is 11.9. The van der Waals surface area contributed by atoms with Crippen LogP contribution < -0.4 is 10.1 Å². The number of hydrogen-bond acceptors (Lipinski definition) is 4. The van der Waals surface area contributed by atoms with Crippen LogP contribution in [0.2, 0.25) is 0 Å². The summed E-state index contributed by atoms with van der Waals surface area (Å²) < 4.78 is 5.35. The second kappa shape index (κ2) is 8.28. The Balaban J connectivity index is 1.96. The third-order valence-corrected chi connectivity index (χ3v) is 3.00. The summed E-state index contributed by atoms with van der Waals surface area (Å²) in [4.78, 5) is 22.1. The summed E-state index contributed by atoms with van der Waals surface area (Å²) in [5.41, 5.74) is 1.18. The van der Waals surface area contributed by atoms with Gasteiger partial charge in [0.2, 0.25) is 5.91 Å². The second-order valence-electron chi connectivity index (χ2n) is 4.80. The van der Waals surface area contributed by atoms with E-state index in [9.17, 15) is 14.9 Å². The molecule has 1 N–H and O–H groups in total. The van der Waals surface area contributed by atoms with Gasteiger partial charge in [-0.05, 0) is 35.9 Å². The summed E-state index contributed by atoms with van der Waals surface area (Å²) in [6.45, 7) is 3.98. The van der Waals surface area contributed by atoms with E-state index < -0.39 is 4.92 Å². The molecule has 0 aliphatic rings. The van der Waals surface area contributed by atoms with Crippen LogP contribution >= 0.6 is 0 Å². The van der Waals surface area contributed by atoms with Crippen LogP contribution in [0.1, 0.15) is 5.56 Å². The maximum Gasteiger partial charge on any atom is 0.270 e. The Morgan fingerprint density at radius 3 is 2.67 bits per heavy atom. The van der Waals surface area contributed by atoms with Crippen LogP contribution in [0.5, 0.6) is 5.75 Å². The molecule has 0 radical (unpaired) electrons. The van der Waals surface area contributed by atoms with E-state index in [1.165, 1.54) is 24.3 Å². The number of carbonyl (C=O) groups is 1. The Kier molecular flexibility index (Phi) is 5.85. The zero-order chi connectivity index (χ0) is 17.4. The van der Waals surface area contributed by atoms with Crippen molar-refractivity contribution >= 4 is 23.4 Å². The zero-order valence-electron chi connectivity index (χ0n) is 12.8. The molecule has 1 amide bonds. The highest BCUT2D eigenvalue weighted by molar-refractivity contribution is 6.01. The van der Waals surface area contributed by atoms with Gasteiger partial charge in [-0.2, -0.15) is 0 Å². The van der Waals surface area contributed by atoms with Gasteiger partial charge in [0.05, 0.1) is 4.92 Å². The Morgan fingerprint density at radius 2 is 2.00 bits per heavy atom. The van der Waals surface area contributed by atoms with Gasteiger partial charge in [-0.25, -0.2) is 0 Å². The predicted molar refractivity (Wildman–Crippen MR) is 92.9 cm³/mol. The van der Waals surface area contributed by atoms with Crippen LogP contribution in [0.25, 0.3) is 6.08 Å². The molecule has 0 saturated heterocycles. The number of non-ortho nitro benzene ring substituents is 1. The number of anilines is 1. The summed E-state index contributed by atoms with van der Waals surface area (Å²) >= 11 is 0. The first kappa shape index (κ1) is 17.0. The number of carbonyl (C=O) groups excluding carboxylic acids is 1. The van der Waals surface area contributed by atoms with Crippen LogP contribution in [0.4, 0.5) is 11.4 Å². The van der Waals surface area contributed by atoms with E-state index in [2.05, 4.69) is 11.9 Å². The molecule has 122 valence electrons. The lowest BCUT2D eigenvalue weighted by atomic mass is 10.2. The Hall–Kier alpha value is -3.41. The van der Waals surface area contributed by atoms with Crippen LogP contribution in [-0.4, -0.2) is 17.4 Å². The normalized spacial score (nSPS) is 10.3. The van der Waals surface area contributed by atoms with Gasteiger partial charge >= 0.3 is 0 Å². The van der Waals surface area contributed by atoms with E-state index >= 15 is 0 Å². The molecule has 24 heavy (non-hydrogen) atoms. The topological polar surface area (TPSA) is 81.5 Å². The predicted octanol–water partition coefficient (Wildman–Crippen LogP) is 3.81. The van der Waals surface area contributed by atoms with Crippen LogP contribution in [0.3, 0.4) is 0 Å². The summed E-state index contributed by atoms with van der Waals surface area (Å²) in [5, 5.41) is 13.4. The number of nitro benzene ring substituents is 1. The van der Waals surface area contributed by atoms with Crippen molar-refractivity contribution in [1.82, 2.24) is 0 Å². The fourth-order valence-corrected chi connectivity index (χ4v) is 1.89. The highest BCUT2D eigenvalue weighted by Gasteiger charge is 2.04. The Morgan fingerprint density at radius 1 is 1.25 bits per heavy atom. The van der Waals surface area contributed by atoms with Crippen molar-refractivity contribution in [3.8, 4) is 5.75 Å². The van der Waals surface area contributed by atoms with Crippen molar-refractivity contribution < 1.29 is 14.5 Å². The Labute approximate surface area is 139 Å². The molecule has 6 nitrogen and oxygen atoms in total. The average molecular weight is 324 g/mol. The largest absolute Gasteiger partial charge is 0.490 e. The van der Waals surface area contributed by atoms with Crippen molar-refractivity contribution in [3.63, 3.8) is 0 Å². The summed E-state index contributed by atoms with van der Waals surface area (Å²) in [7, 11) is 0. The first-order valence-electron chi connectivity index (χ1n) is 7.16. The number of rotatable bonds is 7. The van der Waals surface area contributed by atoms with E-state index in [4.69, 9.17) is 4.74 Å². The van der Waals surface area contributed by atoms with Gasteiger partial charge in [0.15, 0.2) is 0 Å². The van der Waals surface area contributed by atoms with Crippen molar-refractivity contribution in [2.24, 2.45) is 0 Å². The third kappa shape index (κ3) is 5.10. The second-order valence-corrected chi connectivity index (χ2v) is 4.80. The molecule has 2 aromatic rings. The van der Waals surface area contributed by atoms with Gasteiger partial charge in [-0.15, -0.1) is 0 Å². The number of nitrogens with zero attached hydrogens (tertiary/aromatic N) is 1. The molecule has 0 bridgehead atoms. The minimum absolute atomic E-state index is 0.0207. The first-order valence-corrected chi connectivity index (χ1v) is 7.16. The smallest absolute Gasteiger partial charge is 0.270 e. The quantitative estimate of drug-likeness (QED) is 0.363. The average Bonchev–Trinajstić information content (AvgIpc) is 2.59.